The Labute approximate surface area is 181 Å². The molecular weight excluding hydrogens is 386 g/mol. The number of pyridine rings is 2. The van der Waals surface area contributed by atoms with Gasteiger partial charge in [-0.3, -0.25) is 4.79 Å². The highest BCUT2D eigenvalue weighted by atomic mass is 16.2. The monoisotopic (exact) mass is 409 g/mol. The fourth-order valence-corrected chi connectivity index (χ4v) is 3.79. The van der Waals surface area contributed by atoms with Crippen LogP contribution in [0.25, 0.3) is 22.0 Å². The highest BCUT2D eigenvalue weighted by molar-refractivity contribution is 5.95. The Bertz CT molecular complexity index is 1200. The summed E-state index contributed by atoms with van der Waals surface area (Å²) in [7, 11) is 0. The maximum absolute atomic E-state index is 12.7. The molecule has 2 aromatic heterocycles. The molecule has 6 nitrogen and oxygen atoms in total. The van der Waals surface area contributed by atoms with Crippen LogP contribution in [0.3, 0.4) is 0 Å². The van der Waals surface area contributed by atoms with Crippen molar-refractivity contribution in [2.24, 2.45) is 0 Å². The molecule has 1 amide bonds. The van der Waals surface area contributed by atoms with Gasteiger partial charge in [-0.2, -0.15) is 0 Å². The summed E-state index contributed by atoms with van der Waals surface area (Å²) in [4.78, 5) is 23.6. The molecule has 4 aromatic rings. The van der Waals surface area contributed by atoms with Crippen molar-refractivity contribution in [1.29, 1.82) is 0 Å². The zero-order chi connectivity index (χ0) is 21.0. The molecule has 2 aromatic carbocycles. The van der Waals surface area contributed by atoms with Gasteiger partial charge in [-0.25, -0.2) is 9.97 Å². The van der Waals surface area contributed by atoms with Gasteiger partial charge in [0.25, 0.3) is 5.91 Å². The molecule has 5 rings (SSSR count). The molecule has 0 spiro atoms. The maximum atomic E-state index is 12.7. The summed E-state index contributed by atoms with van der Waals surface area (Å²) in [5.41, 5.74) is 3.76. The number of anilines is 2. The molecule has 3 heterocycles. The van der Waals surface area contributed by atoms with Crippen LogP contribution in [0.15, 0.2) is 79.0 Å². The lowest BCUT2D eigenvalue weighted by Gasteiger charge is -2.27. The predicted molar refractivity (Wildman–Crippen MR) is 123 cm³/mol. The van der Waals surface area contributed by atoms with Gasteiger partial charge < -0.3 is 15.5 Å². The molecule has 31 heavy (non-hydrogen) atoms. The van der Waals surface area contributed by atoms with Crippen LogP contribution in [0.1, 0.15) is 10.4 Å². The van der Waals surface area contributed by atoms with Crippen molar-refractivity contribution in [2.75, 3.05) is 31.5 Å². The zero-order valence-corrected chi connectivity index (χ0v) is 17.1. The van der Waals surface area contributed by atoms with E-state index in [9.17, 15) is 4.79 Å². The van der Waals surface area contributed by atoms with Crippen molar-refractivity contribution in [1.82, 2.24) is 20.2 Å². The number of hydrogen-bond acceptors (Lipinski definition) is 5. The first-order valence-electron chi connectivity index (χ1n) is 10.5. The van der Waals surface area contributed by atoms with Gasteiger partial charge in [0.05, 0.1) is 5.52 Å². The average Bonchev–Trinajstić information content (AvgIpc) is 2.84. The molecule has 1 aliphatic rings. The van der Waals surface area contributed by atoms with E-state index in [0.29, 0.717) is 0 Å². The quantitative estimate of drug-likeness (QED) is 0.531. The Hall–Kier alpha value is -3.77. The molecule has 0 aliphatic carbocycles. The van der Waals surface area contributed by atoms with Crippen LogP contribution >= 0.6 is 0 Å². The lowest BCUT2D eigenvalue weighted by atomic mass is 10.0. The van der Waals surface area contributed by atoms with Gasteiger partial charge in [0.2, 0.25) is 0 Å². The third kappa shape index (κ3) is 4.25. The zero-order valence-electron chi connectivity index (χ0n) is 17.1. The Morgan fingerprint density at radius 3 is 2.42 bits per heavy atom. The molecule has 0 saturated carbocycles. The minimum absolute atomic E-state index is 0.0958. The van der Waals surface area contributed by atoms with E-state index in [4.69, 9.17) is 4.98 Å². The molecule has 2 N–H and O–H groups in total. The van der Waals surface area contributed by atoms with Crippen molar-refractivity contribution >= 4 is 28.4 Å². The maximum Gasteiger partial charge on any atom is 0.253 e. The molecule has 6 heteroatoms. The molecule has 1 aliphatic heterocycles. The Morgan fingerprint density at radius 2 is 1.65 bits per heavy atom. The summed E-state index contributed by atoms with van der Waals surface area (Å²) in [6.45, 7) is 3.22. The topological polar surface area (TPSA) is 70.2 Å². The number of benzene rings is 2. The minimum atomic E-state index is 0.0958. The Kier molecular flexibility index (Phi) is 5.29. The van der Waals surface area contributed by atoms with Crippen LogP contribution in [-0.4, -0.2) is 47.0 Å². The lowest BCUT2D eigenvalue weighted by Crippen LogP contribution is -2.46. The molecule has 0 bridgehead atoms. The van der Waals surface area contributed by atoms with Crippen molar-refractivity contribution in [3.05, 3.63) is 84.6 Å². The number of nitrogens with one attached hydrogen (secondary N) is 2. The SMILES string of the molecule is O=C(c1ccc(-c2ccc3ccc(Nc4ccccn4)nc3c2)cc1)N1CCNCC1. The third-order valence-electron chi connectivity index (χ3n) is 5.48. The summed E-state index contributed by atoms with van der Waals surface area (Å²) in [5, 5.41) is 7.58. The summed E-state index contributed by atoms with van der Waals surface area (Å²) >= 11 is 0. The molecule has 0 radical (unpaired) electrons. The van der Waals surface area contributed by atoms with Crippen molar-refractivity contribution in [3.63, 3.8) is 0 Å². The second-order valence-electron chi connectivity index (χ2n) is 7.56. The Balaban J connectivity index is 1.38. The van der Waals surface area contributed by atoms with Crippen LogP contribution in [0, 0.1) is 0 Å². The highest BCUT2D eigenvalue weighted by Gasteiger charge is 2.17. The first-order chi connectivity index (χ1) is 15.3. The smallest absolute Gasteiger partial charge is 0.253 e. The lowest BCUT2D eigenvalue weighted by molar-refractivity contribution is 0.0736. The largest absolute Gasteiger partial charge is 0.336 e. The predicted octanol–water partition coefficient (Wildman–Crippen LogP) is 4.09. The number of amides is 1. The van der Waals surface area contributed by atoms with Gasteiger partial charge >= 0.3 is 0 Å². The number of hydrogen-bond donors (Lipinski definition) is 2. The van der Waals surface area contributed by atoms with Crippen LogP contribution in [0.2, 0.25) is 0 Å². The van der Waals surface area contributed by atoms with Crippen LogP contribution in [-0.2, 0) is 0 Å². The van der Waals surface area contributed by atoms with Gasteiger partial charge in [0, 0.05) is 43.3 Å². The van der Waals surface area contributed by atoms with Gasteiger partial charge in [-0.05, 0) is 53.6 Å². The first kappa shape index (κ1) is 19.2. The van der Waals surface area contributed by atoms with Gasteiger partial charge in [-0.15, -0.1) is 0 Å². The second kappa shape index (κ2) is 8.53. The van der Waals surface area contributed by atoms with Crippen molar-refractivity contribution in [2.45, 2.75) is 0 Å². The average molecular weight is 409 g/mol. The van der Waals surface area contributed by atoms with Crippen LogP contribution < -0.4 is 10.6 Å². The fourth-order valence-electron chi connectivity index (χ4n) is 3.79. The summed E-state index contributed by atoms with van der Waals surface area (Å²) < 4.78 is 0. The normalized spacial score (nSPS) is 13.9. The fraction of sp³-hybridized carbons (Fsp3) is 0.160. The van der Waals surface area contributed by atoms with E-state index in [2.05, 4.69) is 33.8 Å². The van der Waals surface area contributed by atoms with Crippen LogP contribution in [0.4, 0.5) is 11.6 Å². The molecule has 0 atom stereocenters. The number of carbonyl (C=O) groups excluding carboxylic acids is 1. The van der Waals surface area contributed by atoms with Crippen molar-refractivity contribution < 1.29 is 4.79 Å². The summed E-state index contributed by atoms with van der Waals surface area (Å²) in [6.07, 6.45) is 1.75. The molecule has 0 unspecified atom stereocenters. The Morgan fingerprint density at radius 1 is 0.871 bits per heavy atom. The van der Waals surface area contributed by atoms with E-state index >= 15 is 0 Å². The van der Waals surface area contributed by atoms with Gasteiger partial charge in [0.1, 0.15) is 11.6 Å². The van der Waals surface area contributed by atoms with E-state index in [1.807, 2.05) is 59.5 Å². The second-order valence-corrected chi connectivity index (χ2v) is 7.56. The first-order valence-corrected chi connectivity index (χ1v) is 10.5. The molecular formula is C25H23N5O. The summed E-state index contributed by atoms with van der Waals surface area (Å²) in [5.74, 6) is 1.61. The van der Waals surface area contributed by atoms with E-state index in [1.165, 1.54) is 0 Å². The van der Waals surface area contributed by atoms with Gasteiger partial charge in [0.15, 0.2) is 0 Å². The van der Waals surface area contributed by atoms with E-state index in [0.717, 1.165) is 65.4 Å². The van der Waals surface area contributed by atoms with Crippen LogP contribution in [0.5, 0.6) is 0 Å². The number of rotatable bonds is 4. The number of piperazine rings is 1. The van der Waals surface area contributed by atoms with E-state index < -0.39 is 0 Å². The molecule has 1 saturated heterocycles. The number of aromatic nitrogens is 2. The molecule has 154 valence electrons. The van der Waals surface area contributed by atoms with Crippen molar-refractivity contribution in [3.8, 4) is 11.1 Å². The summed E-state index contributed by atoms with van der Waals surface area (Å²) in [6, 6.07) is 23.8. The number of fused-ring (bicyclic) bond motifs is 1. The van der Waals surface area contributed by atoms with Gasteiger partial charge in [-0.1, -0.05) is 30.3 Å². The standard InChI is InChI=1S/C25H23N5O/c31-25(30-15-13-26-14-16-30)20-7-4-18(5-8-20)21-9-6-19-10-11-24(28-22(19)17-21)29-23-3-1-2-12-27-23/h1-12,17,26H,13-16H2,(H,27,28,29). The third-order valence-corrected chi connectivity index (χ3v) is 5.48. The highest BCUT2D eigenvalue weighted by Crippen LogP contribution is 2.26. The molecule has 1 fully saturated rings. The van der Waals surface area contributed by atoms with E-state index in [-0.39, 0.29) is 5.91 Å². The number of carbonyl (C=O) groups is 1. The number of nitrogens with zero attached hydrogens (tertiary/aromatic N) is 3. The minimum Gasteiger partial charge on any atom is -0.336 e. The van der Waals surface area contributed by atoms with E-state index in [1.54, 1.807) is 6.20 Å².